The molecule has 1 aromatic rings. The fourth-order valence-corrected chi connectivity index (χ4v) is 1.14. The lowest BCUT2D eigenvalue weighted by atomic mass is 10.1. The Hall–Kier alpha value is -1.57. The number of hydrogen-bond donors (Lipinski definition) is 1. The van der Waals surface area contributed by atoms with E-state index in [2.05, 4.69) is 11.9 Å². The van der Waals surface area contributed by atoms with E-state index in [1.54, 1.807) is 0 Å². The summed E-state index contributed by atoms with van der Waals surface area (Å²) in [5.41, 5.74) is 1.89. The first-order chi connectivity index (χ1) is 6.18. The van der Waals surface area contributed by atoms with Crippen LogP contribution in [0, 0.1) is 0 Å². The molecule has 2 nitrogen and oxygen atoms in total. The average molecular weight is 175 g/mol. The van der Waals surface area contributed by atoms with Crippen molar-refractivity contribution in [2.75, 3.05) is 0 Å². The average Bonchev–Trinajstić information content (AvgIpc) is 2.04. The summed E-state index contributed by atoms with van der Waals surface area (Å²) in [5, 5.41) is 2.66. The van der Waals surface area contributed by atoms with Crippen molar-refractivity contribution in [2.45, 2.75) is 13.3 Å². The first-order valence-electron chi connectivity index (χ1n) is 4.18. The van der Waals surface area contributed by atoms with Crippen LogP contribution in [0.4, 0.5) is 0 Å². The number of allylic oxidation sites excluding steroid dienone is 1. The fourth-order valence-electron chi connectivity index (χ4n) is 1.14. The molecule has 1 rings (SSSR count). The lowest BCUT2D eigenvalue weighted by Gasteiger charge is -2.05. The molecular weight excluding hydrogens is 162 g/mol. The number of benzene rings is 1. The van der Waals surface area contributed by atoms with Crippen LogP contribution >= 0.6 is 0 Å². The van der Waals surface area contributed by atoms with Gasteiger partial charge in [-0.05, 0) is 5.56 Å². The minimum Gasteiger partial charge on any atom is -0.330 e. The minimum atomic E-state index is -0.0686. The number of amides is 1. The first kappa shape index (κ1) is 9.52. The van der Waals surface area contributed by atoms with Crippen molar-refractivity contribution in [3.8, 4) is 0 Å². The highest BCUT2D eigenvalue weighted by Crippen LogP contribution is 2.03. The van der Waals surface area contributed by atoms with Crippen LogP contribution in [0.15, 0.2) is 42.6 Å². The first-order valence-corrected chi connectivity index (χ1v) is 4.18. The molecule has 0 spiro atoms. The summed E-state index contributed by atoms with van der Waals surface area (Å²) in [6, 6.07) is 9.91. The molecular formula is C11H13NO. The Morgan fingerprint density at radius 2 is 2.00 bits per heavy atom. The zero-order valence-electron chi connectivity index (χ0n) is 7.71. The molecule has 0 bridgehead atoms. The van der Waals surface area contributed by atoms with Crippen LogP contribution in [0.2, 0.25) is 0 Å². The second kappa shape index (κ2) is 4.45. The van der Waals surface area contributed by atoms with Crippen molar-refractivity contribution in [1.29, 1.82) is 0 Å². The summed E-state index contributed by atoms with van der Waals surface area (Å²) in [6.45, 7) is 5.24. The third-order valence-corrected chi connectivity index (χ3v) is 1.61. The third kappa shape index (κ3) is 3.56. The van der Waals surface area contributed by atoms with E-state index in [9.17, 15) is 4.79 Å². The number of rotatable bonds is 3. The number of nitrogens with one attached hydrogen (secondary N) is 1. The summed E-state index contributed by atoms with van der Waals surface area (Å²) >= 11 is 0. The van der Waals surface area contributed by atoms with Gasteiger partial charge in [-0.3, -0.25) is 4.79 Å². The van der Waals surface area contributed by atoms with Crippen molar-refractivity contribution >= 4 is 5.91 Å². The monoisotopic (exact) mass is 175 g/mol. The van der Waals surface area contributed by atoms with E-state index in [1.807, 2.05) is 30.3 Å². The molecule has 1 aromatic carbocycles. The van der Waals surface area contributed by atoms with E-state index in [1.165, 1.54) is 6.92 Å². The highest BCUT2D eigenvalue weighted by molar-refractivity contribution is 5.74. The molecule has 0 atom stereocenters. The highest BCUT2D eigenvalue weighted by Gasteiger charge is 1.97. The molecule has 13 heavy (non-hydrogen) atoms. The van der Waals surface area contributed by atoms with Gasteiger partial charge in [0.1, 0.15) is 0 Å². The highest BCUT2D eigenvalue weighted by atomic mass is 16.1. The molecule has 2 heteroatoms. The summed E-state index contributed by atoms with van der Waals surface area (Å²) < 4.78 is 0. The fraction of sp³-hybridized carbons (Fsp3) is 0.182. The molecule has 0 aliphatic carbocycles. The van der Waals surface area contributed by atoms with Crippen molar-refractivity contribution in [3.05, 3.63) is 48.2 Å². The molecule has 0 radical (unpaired) electrons. The van der Waals surface area contributed by atoms with Crippen LogP contribution in [0.5, 0.6) is 0 Å². The molecule has 0 aromatic heterocycles. The van der Waals surface area contributed by atoms with Gasteiger partial charge in [0, 0.05) is 19.0 Å². The maximum absolute atomic E-state index is 10.7. The molecule has 0 saturated carbocycles. The van der Waals surface area contributed by atoms with Crippen LogP contribution in [0.1, 0.15) is 12.5 Å². The second-order valence-corrected chi connectivity index (χ2v) is 2.95. The number of hydrogen-bond acceptors (Lipinski definition) is 1. The number of carbonyl (C=O) groups excluding carboxylic acids is 1. The maximum atomic E-state index is 10.7. The van der Waals surface area contributed by atoms with Gasteiger partial charge in [0.2, 0.25) is 5.91 Å². The Balaban J connectivity index is 2.50. The Labute approximate surface area is 78.3 Å². The van der Waals surface area contributed by atoms with Crippen molar-refractivity contribution < 1.29 is 4.79 Å². The molecule has 68 valence electrons. The van der Waals surface area contributed by atoms with Crippen LogP contribution < -0.4 is 5.32 Å². The van der Waals surface area contributed by atoms with Gasteiger partial charge in [-0.1, -0.05) is 36.9 Å². The van der Waals surface area contributed by atoms with E-state index < -0.39 is 0 Å². The Morgan fingerprint density at radius 1 is 1.38 bits per heavy atom. The van der Waals surface area contributed by atoms with Gasteiger partial charge in [-0.25, -0.2) is 0 Å². The Kier molecular flexibility index (Phi) is 3.26. The van der Waals surface area contributed by atoms with Crippen LogP contribution in [-0.2, 0) is 11.2 Å². The maximum Gasteiger partial charge on any atom is 0.220 e. The lowest BCUT2D eigenvalue weighted by molar-refractivity contribution is -0.118. The van der Waals surface area contributed by atoms with Gasteiger partial charge >= 0.3 is 0 Å². The van der Waals surface area contributed by atoms with Gasteiger partial charge in [0.25, 0.3) is 0 Å². The third-order valence-electron chi connectivity index (χ3n) is 1.61. The summed E-state index contributed by atoms with van der Waals surface area (Å²) in [6.07, 6.45) is 0.695. The SMILES string of the molecule is C=C(Cc1ccccc1)NC(C)=O. The molecule has 0 saturated heterocycles. The summed E-state index contributed by atoms with van der Waals surface area (Å²) in [5.74, 6) is -0.0686. The van der Waals surface area contributed by atoms with E-state index in [0.717, 1.165) is 11.3 Å². The summed E-state index contributed by atoms with van der Waals surface area (Å²) in [7, 11) is 0. The van der Waals surface area contributed by atoms with Crippen LogP contribution in [0.3, 0.4) is 0 Å². The van der Waals surface area contributed by atoms with Crippen molar-refractivity contribution in [1.82, 2.24) is 5.32 Å². The second-order valence-electron chi connectivity index (χ2n) is 2.95. The molecule has 1 amide bonds. The molecule has 1 N–H and O–H groups in total. The lowest BCUT2D eigenvalue weighted by Crippen LogP contribution is -2.19. The molecule has 0 unspecified atom stereocenters. The van der Waals surface area contributed by atoms with Gasteiger partial charge in [-0.15, -0.1) is 0 Å². The zero-order valence-corrected chi connectivity index (χ0v) is 7.71. The standard InChI is InChI=1S/C11H13NO/c1-9(12-10(2)13)8-11-6-4-3-5-7-11/h3-7H,1,8H2,2H3,(H,12,13). The van der Waals surface area contributed by atoms with E-state index >= 15 is 0 Å². The topological polar surface area (TPSA) is 29.1 Å². The Morgan fingerprint density at radius 3 is 2.54 bits per heavy atom. The van der Waals surface area contributed by atoms with E-state index in [-0.39, 0.29) is 5.91 Å². The molecule has 0 aliphatic heterocycles. The van der Waals surface area contributed by atoms with Gasteiger partial charge in [0.05, 0.1) is 0 Å². The molecule has 0 aliphatic rings. The van der Waals surface area contributed by atoms with Crippen LogP contribution in [0.25, 0.3) is 0 Å². The van der Waals surface area contributed by atoms with Gasteiger partial charge < -0.3 is 5.32 Å². The van der Waals surface area contributed by atoms with E-state index in [0.29, 0.717) is 6.42 Å². The quantitative estimate of drug-likeness (QED) is 0.746. The Bertz CT molecular complexity index is 303. The zero-order chi connectivity index (χ0) is 9.68. The van der Waals surface area contributed by atoms with Crippen molar-refractivity contribution in [2.24, 2.45) is 0 Å². The van der Waals surface area contributed by atoms with Crippen LogP contribution in [-0.4, -0.2) is 5.91 Å². The van der Waals surface area contributed by atoms with E-state index in [4.69, 9.17) is 0 Å². The largest absolute Gasteiger partial charge is 0.330 e. The summed E-state index contributed by atoms with van der Waals surface area (Å²) in [4.78, 5) is 10.7. The predicted octanol–water partition coefficient (Wildman–Crippen LogP) is 1.88. The number of carbonyl (C=O) groups is 1. The smallest absolute Gasteiger partial charge is 0.220 e. The normalized spacial score (nSPS) is 9.31. The molecule has 0 heterocycles. The van der Waals surface area contributed by atoms with Crippen molar-refractivity contribution in [3.63, 3.8) is 0 Å². The van der Waals surface area contributed by atoms with Gasteiger partial charge in [-0.2, -0.15) is 0 Å². The minimum absolute atomic E-state index is 0.0686. The molecule has 0 fully saturated rings. The van der Waals surface area contributed by atoms with Gasteiger partial charge in [0.15, 0.2) is 0 Å². The predicted molar refractivity (Wildman–Crippen MR) is 53.1 cm³/mol.